The normalized spacial score (nSPS) is 10.4. The molecule has 1 heterocycles. The minimum atomic E-state index is -0.416. The van der Waals surface area contributed by atoms with E-state index in [1.807, 2.05) is 6.92 Å². The second-order valence-electron chi connectivity index (χ2n) is 4.79. The lowest BCUT2D eigenvalue weighted by Gasteiger charge is -2.19. The molecule has 0 saturated heterocycles. The van der Waals surface area contributed by atoms with E-state index >= 15 is 0 Å². The zero-order valence-corrected chi connectivity index (χ0v) is 12.2. The fraction of sp³-hybridized carbons (Fsp3) is 0.333. The molecule has 2 N–H and O–H groups in total. The Hall–Kier alpha value is -2.37. The topological polar surface area (TPSA) is 61.0 Å². The Kier molecular flexibility index (Phi) is 4.92. The van der Waals surface area contributed by atoms with Crippen LogP contribution in [-0.2, 0) is 6.54 Å². The van der Waals surface area contributed by atoms with Gasteiger partial charge in [0.2, 0.25) is 0 Å². The quantitative estimate of drug-likeness (QED) is 0.859. The largest absolute Gasteiger partial charge is 0.382 e. The molecule has 0 saturated carbocycles. The maximum atomic E-state index is 13.9. The van der Waals surface area contributed by atoms with E-state index in [9.17, 15) is 9.18 Å². The molecule has 0 aliphatic rings. The Morgan fingerprint density at radius 3 is 2.95 bits per heavy atom. The van der Waals surface area contributed by atoms with E-state index in [0.717, 1.165) is 6.42 Å². The summed E-state index contributed by atoms with van der Waals surface area (Å²) >= 11 is 0. The highest BCUT2D eigenvalue weighted by Crippen LogP contribution is 2.21. The predicted octanol–water partition coefficient (Wildman–Crippen LogP) is 2.64. The number of amides is 1. The molecule has 6 heteroatoms. The molecular weight excluding hydrogens is 271 g/mol. The van der Waals surface area contributed by atoms with E-state index in [-0.39, 0.29) is 11.6 Å². The molecule has 21 heavy (non-hydrogen) atoms. The van der Waals surface area contributed by atoms with Gasteiger partial charge in [0.05, 0.1) is 17.8 Å². The highest BCUT2D eigenvalue weighted by atomic mass is 19.1. The van der Waals surface area contributed by atoms with Gasteiger partial charge >= 0.3 is 0 Å². The monoisotopic (exact) mass is 290 g/mol. The fourth-order valence-corrected chi connectivity index (χ4v) is 2.02. The molecule has 0 spiro atoms. The van der Waals surface area contributed by atoms with Crippen LogP contribution in [0, 0.1) is 5.82 Å². The zero-order chi connectivity index (χ0) is 15.2. The van der Waals surface area contributed by atoms with Crippen LogP contribution in [0.2, 0.25) is 0 Å². The number of halogens is 1. The molecule has 1 amide bonds. The first-order chi connectivity index (χ1) is 10.1. The van der Waals surface area contributed by atoms with Gasteiger partial charge in [0.25, 0.3) is 5.91 Å². The van der Waals surface area contributed by atoms with Crippen molar-refractivity contribution in [3.8, 4) is 0 Å². The van der Waals surface area contributed by atoms with E-state index in [0.29, 0.717) is 24.5 Å². The van der Waals surface area contributed by atoms with E-state index in [1.165, 1.54) is 11.0 Å². The number of carbonyl (C=O) groups excluding carboxylic acids is 1. The van der Waals surface area contributed by atoms with Gasteiger partial charge in [0.15, 0.2) is 0 Å². The fourth-order valence-electron chi connectivity index (χ4n) is 2.02. The van der Waals surface area contributed by atoms with Gasteiger partial charge < -0.3 is 15.2 Å². The van der Waals surface area contributed by atoms with Gasteiger partial charge in [-0.2, -0.15) is 0 Å². The number of hydrogen-bond acceptors (Lipinski definition) is 3. The van der Waals surface area contributed by atoms with Crippen LogP contribution in [0.4, 0.5) is 10.1 Å². The van der Waals surface area contributed by atoms with Crippen molar-refractivity contribution in [3.63, 3.8) is 0 Å². The van der Waals surface area contributed by atoms with Crippen LogP contribution in [0.15, 0.2) is 30.6 Å². The average molecular weight is 290 g/mol. The van der Waals surface area contributed by atoms with Crippen molar-refractivity contribution >= 4 is 11.6 Å². The van der Waals surface area contributed by atoms with Gasteiger partial charge in [0.1, 0.15) is 11.6 Å². The van der Waals surface area contributed by atoms with E-state index in [4.69, 9.17) is 0 Å². The van der Waals surface area contributed by atoms with E-state index in [2.05, 4.69) is 15.3 Å². The van der Waals surface area contributed by atoms with Crippen LogP contribution < -0.4 is 5.32 Å². The summed E-state index contributed by atoms with van der Waals surface area (Å²) < 4.78 is 13.9. The molecule has 112 valence electrons. The van der Waals surface area contributed by atoms with Crippen LogP contribution in [0.5, 0.6) is 0 Å². The molecule has 0 unspecified atom stereocenters. The number of para-hydroxylation sites is 1. The molecule has 1 aromatic carbocycles. The molecule has 2 rings (SSSR count). The summed E-state index contributed by atoms with van der Waals surface area (Å²) in [5.41, 5.74) is 0.591. The second kappa shape index (κ2) is 6.88. The number of nitrogens with zero attached hydrogens (tertiary/aromatic N) is 2. The Bertz CT molecular complexity index is 598. The lowest BCUT2D eigenvalue weighted by atomic mass is 10.1. The molecule has 0 atom stereocenters. The van der Waals surface area contributed by atoms with Gasteiger partial charge in [0, 0.05) is 26.0 Å². The average Bonchev–Trinajstić information content (AvgIpc) is 2.98. The van der Waals surface area contributed by atoms with Gasteiger partial charge in [-0.25, -0.2) is 9.37 Å². The molecule has 0 fully saturated rings. The molecule has 5 nitrogen and oxygen atoms in total. The standard InChI is InChI=1S/C15H19FN4O/c1-3-7-19-14-11(5-4-6-12(14)16)15(21)20(2)10-13-17-8-9-18-13/h4-6,8-9,19H,3,7,10H2,1-2H3,(H,17,18). The van der Waals surface area contributed by atoms with Crippen LogP contribution in [0.3, 0.4) is 0 Å². The molecular formula is C15H19FN4O. The number of carbonyl (C=O) groups is 1. The summed E-state index contributed by atoms with van der Waals surface area (Å²) in [6.07, 6.45) is 4.18. The third-order valence-corrected chi connectivity index (χ3v) is 3.08. The molecule has 1 aromatic heterocycles. The predicted molar refractivity (Wildman–Crippen MR) is 79.6 cm³/mol. The first kappa shape index (κ1) is 15.0. The number of nitrogens with one attached hydrogen (secondary N) is 2. The molecule has 2 aromatic rings. The molecule has 0 aliphatic carbocycles. The number of benzene rings is 1. The van der Waals surface area contributed by atoms with Crippen molar-refractivity contribution in [1.29, 1.82) is 0 Å². The number of aromatic amines is 1. The number of anilines is 1. The lowest BCUT2D eigenvalue weighted by molar-refractivity contribution is 0.0782. The number of H-pyrrole nitrogens is 1. The van der Waals surface area contributed by atoms with Crippen LogP contribution >= 0.6 is 0 Å². The van der Waals surface area contributed by atoms with Crippen LogP contribution in [0.25, 0.3) is 0 Å². The van der Waals surface area contributed by atoms with Crippen molar-refractivity contribution < 1.29 is 9.18 Å². The SMILES string of the molecule is CCCNc1c(F)cccc1C(=O)N(C)Cc1ncc[nH]1. The summed E-state index contributed by atoms with van der Waals surface area (Å²) in [5, 5.41) is 2.98. The summed E-state index contributed by atoms with van der Waals surface area (Å²) in [6, 6.07) is 4.52. The smallest absolute Gasteiger partial charge is 0.256 e. The van der Waals surface area contributed by atoms with Crippen molar-refractivity contribution in [1.82, 2.24) is 14.9 Å². The number of aromatic nitrogens is 2. The second-order valence-corrected chi connectivity index (χ2v) is 4.79. The summed E-state index contributed by atoms with van der Waals surface area (Å²) in [4.78, 5) is 21.0. The van der Waals surface area contributed by atoms with E-state index < -0.39 is 5.82 Å². The van der Waals surface area contributed by atoms with Crippen LogP contribution in [0.1, 0.15) is 29.5 Å². The highest BCUT2D eigenvalue weighted by Gasteiger charge is 2.19. The Morgan fingerprint density at radius 1 is 1.48 bits per heavy atom. The number of hydrogen-bond donors (Lipinski definition) is 2. The summed E-state index contributed by atoms with van der Waals surface area (Å²) in [6.45, 7) is 2.94. The number of rotatable bonds is 6. The van der Waals surface area contributed by atoms with Gasteiger partial charge in [-0.3, -0.25) is 4.79 Å². The molecule has 0 bridgehead atoms. The first-order valence-electron chi connectivity index (χ1n) is 6.89. The van der Waals surface area contributed by atoms with E-state index in [1.54, 1.807) is 31.6 Å². The minimum Gasteiger partial charge on any atom is -0.382 e. The molecule has 0 radical (unpaired) electrons. The first-order valence-corrected chi connectivity index (χ1v) is 6.89. The highest BCUT2D eigenvalue weighted by molar-refractivity contribution is 5.99. The van der Waals surface area contributed by atoms with Crippen molar-refractivity contribution in [2.45, 2.75) is 19.9 Å². The maximum Gasteiger partial charge on any atom is 0.256 e. The Morgan fingerprint density at radius 2 is 2.29 bits per heavy atom. The molecule has 0 aliphatic heterocycles. The van der Waals surface area contributed by atoms with Gasteiger partial charge in [-0.15, -0.1) is 0 Å². The van der Waals surface area contributed by atoms with Crippen molar-refractivity contribution in [2.75, 3.05) is 18.9 Å². The third-order valence-electron chi connectivity index (χ3n) is 3.08. The Labute approximate surface area is 123 Å². The maximum absolute atomic E-state index is 13.9. The van der Waals surface area contributed by atoms with Gasteiger partial charge in [-0.05, 0) is 18.6 Å². The van der Waals surface area contributed by atoms with Crippen molar-refractivity contribution in [3.05, 3.63) is 47.8 Å². The summed E-state index contributed by atoms with van der Waals surface area (Å²) in [7, 11) is 1.67. The summed E-state index contributed by atoms with van der Waals surface area (Å²) in [5.74, 6) is 0.0236. The van der Waals surface area contributed by atoms with Crippen LogP contribution in [-0.4, -0.2) is 34.4 Å². The van der Waals surface area contributed by atoms with Gasteiger partial charge in [-0.1, -0.05) is 13.0 Å². The number of imidazole rings is 1. The van der Waals surface area contributed by atoms with Crippen molar-refractivity contribution in [2.24, 2.45) is 0 Å². The minimum absolute atomic E-state index is 0.246. The third kappa shape index (κ3) is 3.59. The zero-order valence-electron chi connectivity index (χ0n) is 12.2. The lowest BCUT2D eigenvalue weighted by Crippen LogP contribution is -2.28. The Balaban J connectivity index is 2.19.